The van der Waals surface area contributed by atoms with Crippen LogP contribution in [0.25, 0.3) is 6.08 Å². The van der Waals surface area contributed by atoms with Gasteiger partial charge >= 0.3 is 0 Å². The summed E-state index contributed by atoms with van der Waals surface area (Å²) in [6, 6.07) is 10.4. The quantitative estimate of drug-likeness (QED) is 0.629. The summed E-state index contributed by atoms with van der Waals surface area (Å²) in [7, 11) is 1.51. The first-order chi connectivity index (χ1) is 14.2. The molecule has 0 aromatic heterocycles. The molecule has 2 aromatic rings. The van der Waals surface area contributed by atoms with Crippen LogP contribution in [0.4, 0.5) is 5.69 Å². The van der Waals surface area contributed by atoms with Gasteiger partial charge in [0, 0.05) is 11.8 Å². The Balaban J connectivity index is 1.58. The van der Waals surface area contributed by atoms with E-state index in [0.29, 0.717) is 66.4 Å². The Kier molecular flexibility index (Phi) is 5.12. The SMILES string of the molecule is COc1cc(/C=C(\C#N)C(=O)Nc2ccc3c(c2)OCCO3)cc2c1OCCO2. The molecular weight excluding hydrogens is 376 g/mol. The van der Waals surface area contributed by atoms with Crippen LogP contribution >= 0.6 is 0 Å². The number of hydrogen-bond acceptors (Lipinski definition) is 7. The number of hydrogen-bond donors (Lipinski definition) is 1. The van der Waals surface area contributed by atoms with Crippen molar-refractivity contribution in [3.63, 3.8) is 0 Å². The van der Waals surface area contributed by atoms with Crippen molar-refractivity contribution < 1.29 is 28.5 Å². The Labute approximate surface area is 167 Å². The smallest absolute Gasteiger partial charge is 0.266 e. The second kappa shape index (κ2) is 8.02. The summed E-state index contributed by atoms with van der Waals surface area (Å²) in [6.07, 6.45) is 1.47. The van der Waals surface area contributed by atoms with Crippen molar-refractivity contribution in [2.45, 2.75) is 0 Å². The highest BCUT2D eigenvalue weighted by molar-refractivity contribution is 6.09. The number of fused-ring (bicyclic) bond motifs is 2. The Hall–Kier alpha value is -3.86. The molecule has 2 aliphatic heterocycles. The lowest BCUT2D eigenvalue weighted by atomic mass is 10.1. The summed E-state index contributed by atoms with van der Waals surface area (Å²) < 4.78 is 27.5. The predicted octanol–water partition coefficient (Wildman–Crippen LogP) is 2.78. The van der Waals surface area contributed by atoms with Crippen LogP contribution in [0.5, 0.6) is 28.7 Å². The van der Waals surface area contributed by atoms with Gasteiger partial charge in [-0.2, -0.15) is 5.26 Å². The highest BCUT2D eigenvalue weighted by Gasteiger charge is 2.19. The molecule has 29 heavy (non-hydrogen) atoms. The van der Waals surface area contributed by atoms with Gasteiger partial charge in [0.2, 0.25) is 5.75 Å². The van der Waals surface area contributed by atoms with E-state index in [2.05, 4.69) is 5.32 Å². The average Bonchev–Trinajstić information content (AvgIpc) is 2.76. The van der Waals surface area contributed by atoms with E-state index in [1.807, 2.05) is 6.07 Å². The summed E-state index contributed by atoms with van der Waals surface area (Å²) in [5, 5.41) is 12.2. The molecule has 8 nitrogen and oxygen atoms in total. The number of amides is 1. The number of ether oxygens (including phenoxy) is 5. The molecule has 1 amide bonds. The summed E-state index contributed by atoms with van der Waals surface area (Å²) in [4.78, 5) is 12.6. The minimum atomic E-state index is -0.543. The minimum Gasteiger partial charge on any atom is -0.493 e. The fraction of sp³-hybridized carbons (Fsp3) is 0.238. The van der Waals surface area contributed by atoms with Crippen molar-refractivity contribution in [3.8, 4) is 34.8 Å². The Morgan fingerprint density at radius 1 is 1.03 bits per heavy atom. The third-order valence-electron chi connectivity index (χ3n) is 4.33. The molecule has 0 saturated heterocycles. The van der Waals surface area contributed by atoms with E-state index in [9.17, 15) is 10.1 Å². The number of carbonyl (C=O) groups excluding carboxylic acids is 1. The fourth-order valence-corrected chi connectivity index (χ4v) is 3.01. The molecular formula is C21H18N2O6. The Bertz CT molecular complexity index is 1010. The van der Waals surface area contributed by atoms with Crippen LogP contribution < -0.4 is 29.0 Å². The molecule has 0 aliphatic carbocycles. The molecule has 0 fully saturated rings. The monoisotopic (exact) mass is 394 g/mol. The first-order valence-corrected chi connectivity index (χ1v) is 8.98. The number of nitriles is 1. The summed E-state index contributed by atoms with van der Waals surface area (Å²) in [5.74, 6) is 2.11. The fourth-order valence-electron chi connectivity index (χ4n) is 3.01. The maximum absolute atomic E-state index is 12.6. The predicted molar refractivity (Wildman–Crippen MR) is 104 cm³/mol. The summed E-state index contributed by atoms with van der Waals surface area (Å²) in [5.41, 5.74) is 1.01. The van der Waals surface area contributed by atoms with Crippen molar-refractivity contribution in [2.75, 3.05) is 38.9 Å². The van der Waals surface area contributed by atoms with Gasteiger partial charge in [0.25, 0.3) is 5.91 Å². The zero-order valence-corrected chi connectivity index (χ0v) is 15.7. The normalized spacial score (nSPS) is 14.6. The zero-order chi connectivity index (χ0) is 20.2. The van der Waals surface area contributed by atoms with Crippen molar-refractivity contribution >= 4 is 17.7 Å². The lowest BCUT2D eigenvalue weighted by Crippen LogP contribution is -2.17. The van der Waals surface area contributed by atoms with Crippen molar-refractivity contribution in [1.82, 2.24) is 0 Å². The van der Waals surface area contributed by atoms with Gasteiger partial charge in [-0.05, 0) is 35.9 Å². The van der Waals surface area contributed by atoms with Crippen LogP contribution in [-0.2, 0) is 4.79 Å². The van der Waals surface area contributed by atoms with Gasteiger partial charge in [-0.15, -0.1) is 0 Å². The second-order valence-corrected chi connectivity index (χ2v) is 6.23. The molecule has 2 heterocycles. The molecule has 8 heteroatoms. The van der Waals surface area contributed by atoms with Crippen LogP contribution in [0.2, 0.25) is 0 Å². The van der Waals surface area contributed by atoms with Gasteiger partial charge in [0.15, 0.2) is 23.0 Å². The molecule has 0 spiro atoms. The van der Waals surface area contributed by atoms with Crippen LogP contribution in [0.1, 0.15) is 5.56 Å². The minimum absolute atomic E-state index is 0.0707. The first kappa shape index (κ1) is 18.5. The van der Waals surface area contributed by atoms with Crippen LogP contribution in [0, 0.1) is 11.3 Å². The lowest BCUT2D eigenvalue weighted by molar-refractivity contribution is -0.112. The molecule has 148 valence electrons. The van der Waals surface area contributed by atoms with Crippen molar-refractivity contribution in [1.29, 1.82) is 5.26 Å². The summed E-state index contributed by atoms with van der Waals surface area (Å²) in [6.45, 7) is 1.78. The largest absolute Gasteiger partial charge is 0.493 e. The van der Waals surface area contributed by atoms with Gasteiger partial charge in [0.05, 0.1) is 7.11 Å². The van der Waals surface area contributed by atoms with E-state index in [-0.39, 0.29) is 5.57 Å². The van der Waals surface area contributed by atoms with E-state index in [1.165, 1.54) is 13.2 Å². The molecule has 0 bridgehead atoms. The number of benzene rings is 2. The van der Waals surface area contributed by atoms with Crippen molar-refractivity contribution in [2.24, 2.45) is 0 Å². The molecule has 0 radical (unpaired) electrons. The van der Waals surface area contributed by atoms with E-state index < -0.39 is 5.91 Å². The van der Waals surface area contributed by atoms with E-state index in [1.54, 1.807) is 30.3 Å². The molecule has 2 aromatic carbocycles. The average molecular weight is 394 g/mol. The third-order valence-corrected chi connectivity index (χ3v) is 4.33. The number of carbonyl (C=O) groups is 1. The highest BCUT2D eigenvalue weighted by Crippen LogP contribution is 2.41. The number of rotatable bonds is 4. The topological polar surface area (TPSA) is 99.0 Å². The van der Waals surface area contributed by atoms with Gasteiger partial charge in [-0.1, -0.05) is 0 Å². The van der Waals surface area contributed by atoms with Crippen LogP contribution in [-0.4, -0.2) is 39.4 Å². The van der Waals surface area contributed by atoms with Crippen LogP contribution in [0.15, 0.2) is 35.9 Å². The molecule has 2 aliphatic rings. The molecule has 0 unspecified atom stereocenters. The third kappa shape index (κ3) is 3.89. The summed E-state index contributed by atoms with van der Waals surface area (Å²) >= 11 is 0. The van der Waals surface area contributed by atoms with Gasteiger partial charge < -0.3 is 29.0 Å². The number of nitrogens with zero attached hydrogens (tertiary/aromatic N) is 1. The van der Waals surface area contributed by atoms with Crippen molar-refractivity contribution in [3.05, 3.63) is 41.5 Å². The number of anilines is 1. The molecule has 0 atom stereocenters. The second-order valence-electron chi connectivity index (χ2n) is 6.23. The van der Waals surface area contributed by atoms with Crippen LogP contribution in [0.3, 0.4) is 0 Å². The van der Waals surface area contributed by atoms with E-state index in [0.717, 1.165) is 0 Å². The number of nitrogens with one attached hydrogen (secondary N) is 1. The maximum Gasteiger partial charge on any atom is 0.266 e. The Morgan fingerprint density at radius 2 is 1.76 bits per heavy atom. The first-order valence-electron chi connectivity index (χ1n) is 8.98. The highest BCUT2D eigenvalue weighted by atomic mass is 16.6. The molecule has 1 N–H and O–H groups in total. The van der Waals surface area contributed by atoms with Gasteiger partial charge in [0.1, 0.15) is 38.1 Å². The number of methoxy groups -OCH3 is 1. The van der Waals surface area contributed by atoms with Gasteiger partial charge in [-0.3, -0.25) is 4.79 Å². The zero-order valence-electron chi connectivity index (χ0n) is 15.7. The van der Waals surface area contributed by atoms with E-state index >= 15 is 0 Å². The standard InChI is InChI=1S/C21H18N2O6/c1-25-18-9-13(10-19-20(18)29-7-6-28-19)8-14(12-22)21(24)23-15-2-3-16-17(11-15)27-5-4-26-16/h2-3,8-11H,4-7H2,1H3,(H,23,24)/b14-8+. The Morgan fingerprint density at radius 3 is 2.52 bits per heavy atom. The van der Waals surface area contributed by atoms with E-state index in [4.69, 9.17) is 23.7 Å². The lowest BCUT2D eigenvalue weighted by Gasteiger charge is -2.21. The maximum atomic E-state index is 12.6. The molecule has 0 saturated carbocycles. The molecule has 4 rings (SSSR count). The van der Waals surface area contributed by atoms with Gasteiger partial charge in [-0.25, -0.2) is 0 Å².